The van der Waals surface area contributed by atoms with Crippen LogP contribution < -0.4 is 13.7 Å². The van der Waals surface area contributed by atoms with Gasteiger partial charge in [-0.05, 0) is 105 Å². The zero-order valence-electron chi connectivity index (χ0n) is 50.4. The Kier molecular flexibility index (Phi) is 12.8. The van der Waals surface area contributed by atoms with Gasteiger partial charge < -0.3 is 0 Å². The van der Waals surface area contributed by atoms with Crippen LogP contribution in [-0.2, 0) is 33.9 Å². The van der Waals surface area contributed by atoms with Gasteiger partial charge in [0, 0.05) is 123 Å². The smallest absolute Gasteiger partial charge is 0.212 e. The lowest BCUT2D eigenvalue weighted by molar-refractivity contribution is -0.660. The monoisotopic (exact) mass is 920 g/mol. The minimum absolute atomic E-state index is 0.0687. The van der Waals surface area contributed by atoms with Crippen LogP contribution in [0.2, 0.25) is 0 Å². The SMILES string of the molecule is [2H]C(C)(C)c1ncc(-c2ccc(-c3ccccc3C)[n+](C)c2)cn1.[2H]C([2H])(C)c1ccc(-c2ccc(-c3ccccc3C)[n+](C)c2)cn1.[2H]C([2H])([2H])C([2H])(C)C([2H])([2H])c1ccc(-c2ccc(-c3ccccc3C)[n+](C)c2)cn1. The maximum absolute atomic E-state index is 8.23. The molecule has 0 bridgehead atoms. The molecule has 6 aromatic heterocycles. The molecule has 0 amide bonds. The van der Waals surface area contributed by atoms with Crippen molar-refractivity contribution in [2.24, 2.45) is 27.0 Å². The summed E-state index contributed by atoms with van der Waals surface area (Å²) in [6.07, 6.45) is 9.14. The van der Waals surface area contributed by atoms with Crippen LogP contribution in [0.1, 0.15) is 86.7 Å². The predicted octanol–water partition coefficient (Wildman–Crippen LogP) is 12.9. The zero-order chi connectivity index (χ0) is 57.0. The number of hydrogen-bond donors (Lipinski definition) is 0. The van der Waals surface area contributed by atoms with E-state index in [0.29, 0.717) is 11.5 Å². The molecule has 0 aliphatic carbocycles. The lowest BCUT2D eigenvalue weighted by Gasteiger charge is -2.07. The predicted molar refractivity (Wildman–Crippen MR) is 283 cm³/mol. The third-order valence-corrected chi connectivity index (χ3v) is 11.9. The molecule has 9 aromatic rings. The van der Waals surface area contributed by atoms with Gasteiger partial charge in [0.25, 0.3) is 0 Å². The molecule has 1 unspecified atom stereocenters. The number of benzene rings is 3. The molecule has 0 saturated carbocycles. The Morgan fingerprint density at radius 3 is 1.16 bits per heavy atom. The summed E-state index contributed by atoms with van der Waals surface area (Å²) in [7, 11) is 6.05. The van der Waals surface area contributed by atoms with Crippen molar-refractivity contribution in [3.8, 4) is 67.2 Å². The van der Waals surface area contributed by atoms with Crippen molar-refractivity contribution in [2.45, 2.75) is 74.0 Å². The normalized spacial score (nSPS) is 14.4. The lowest BCUT2D eigenvalue weighted by atomic mass is 10.0. The van der Waals surface area contributed by atoms with E-state index in [9.17, 15) is 0 Å². The van der Waals surface area contributed by atoms with Crippen LogP contribution in [0.15, 0.2) is 177 Å². The number of aromatic nitrogens is 7. The molecule has 3 aromatic carbocycles. The molecule has 0 saturated heterocycles. The third kappa shape index (κ3) is 12.5. The second-order valence-electron chi connectivity index (χ2n) is 17.3. The molecule has 9 rings (SSSR count). The third-order valence-electron chi connectivity index (χ3n) is 11.9. The molecule has 0 aliphatic heterocycles. The number of rotatable bonds is 10. The molecule has 69 heavy (non-hydrogen) atoms. The molecule has 0 fully saturated rings. The van der Waals surface area contributed by atoms with Crippen molar-refractivity contribution < 1.29 is 26.0 Å². The molecule has 7 heteroatoms. The number of aryl methyl sites for hydroxylation is 7. The van der Waals surface area contributed by atoms with Crippen molar-refractivity contribution in [1.82, 2.24) is 19.9 Å². The highest BCUT2D eigenvalue weighted by Gasteiger charge is 2.17. The van der Waals surface area contributed by atoms with Crippen LogP contribution >= 0.6 is 0 Å². The highest BCUT2D eigenvalue weighted by molar-refractivity contribution is 5.68. The highest BCUT2D eigenvalue weighted by Crippen LogP contribution is 2.27. The van der Waals surface area contributed by atoms with Gasteiger partial charge in [-0.15, -0.1) is 0 Å². The fourth-order valence-corrected chi connectivity index (χ4v) is 8.03. The summed E-state index contributed by atoms with van der Waals surface area (Å²) >= 11 is 0. The van der Waals surface area contributed by atoms with Gasteiger partial charge in [-0.1, -0.05) is 101 Å². The largest absolute Gasteiger partial charge is 0.261 e. The first-order chi connectivity index (χ1) is 36.6. The minimum Gasteiger partial charge on any atom is -0.261 e. The molecule has 1 atom stereocenters. The molecule has 0 aliphatic rings. The van der Waals surface area contributed by atoms with Crippen LogP contribution in [0.5, 0.6) is 0 Å². The summed E-state index contributed by atoms with van der Waals surface area (Å²) in [6, 6.07) is 44.1. The molecule has 7 nitrogen and oxygen atoms in total. The average molecular weight is 920 g/mol. The standard InChI is InChI=1S/C22H25N2.C20H22N3.C20H21N2/c1-16(2)13-20-11-9-18(14-23-20)19-10-12-22(24(4)15-19)21-8-6-5-7-17(21)3;1-14(2)20-21-11-17(12-22-20)16-9-10-19(23(4)13-16)18-8-6-5-7-15(18)3;1-4-18-11-9-16(13-21-18)17-10-12-20(22(3)14-17)19-8-6-5-7-15(19)2/h5-12,14-16H,13H2,1-4H3;5-14H,1-4H3;5-14H,4H2,1-3H3/q3*+1/i1D3,13D2,16D;14D;4D2. The topological polar surface area (TPSA) is 63.2 Å². The maximum atomic E-state index is 8.23. The highest BCUT2D eigenvalue weighted by atomic mass is 14.9. The van der Waals surface area contributed by atoms with E-state index in [1.165, 1.54) is 52.7 Å². The Hall–Kier alpha value is -7.51. The molecule has 0 spiro atoms. The van der Waals surface area contributed by atoms with Gasteiger partial charge in [-0.2, -0.15) is 0 Å². The van der Waals surface area contributed by atoms with Gasteiger partial charge in [0.1, 0.15) is 27.0 Å². The van der Waals surface area contributed by atoms with E-state index in [0.717, 1.165) is 57.3 Å². The summed E-state index contributed by atoms with van der Waals surface area (Å²) in [5.74, 6) is -2.57. The summed E-state index contributed by atoms with van der Waals surface area (Å²) in [5.41, 5.74) is 16.8. The van der Waals surface area contributed by atoms with E-state index in [1.807, 2.05) is 68.3 Å². The van der Waals surface area contributed by atoms with Gasteiger partial charge in [-0.25, -0.2) is 23.7 Å². The van der Waals surface area contributed by atoms with Crippen LogP contribution in [0.3, 0.4) is 0 Å². The van der Waals surface area contributed by atoms with Crippen LogP contribution in [-0.4, -0.2) is 19.9 Å². The van der Waals surface area contributed by atoms with Crippen molar-refractivity contribution in [3.05, 3.63) is 211 Å². The van der Waals surface area contributed by atoms with Crippen LogP contribution in [0.25, 0.3) is 67.2 Å². The van der Waals surface area contributed by atoms with Crippen LogP contribution in [0, 0.1) is 26.7 Å². The van der Waals surface area contributed by atoms with E-state index in [2.05, 4.69) is 141 Å². The molecule has 0 N–H and O–H groups in total. The van der Waals surface area contributed by atoms with Gasteiger partial charge in [0.05, 0.1) is 0 Å². The van der Waals surface area contributed by atoms with Gasteiger partial charge in [0.2, 0.25) is 17.1 Å². The van der Waals surface area contributed by atoms with Gasteiger partial charge >= 0.3 is 0 Å². The Labute approximate surface area is 423 Å². The molecule has 348 valence electrons. The molecule has 6 heterocycles. The van der Waals surface area contributed by atoms with Crippen molar-refractivity contribution >= 4 is 0 Å². The number of nitrogens with zero attached hydrogens (tertiary/aromatic N) is 7. The Morgan fingerprint density at radius 1 is 0.464 bits per heavy atom. The van der Waals surface area contributed by atoms with E-state index in [1.54, 1.807) is 44.6 Å². The maximum Gasteiger partial charge on any atom is 0.212 e. The Balaban J connectivity index is 0.000000171. The average Bonchev–Trinajstić information content (AvgIpc) is 3.58. The first-order valence-electron chi connectivity index (χ1n) is 27.5. The number of pyridine rings is 5. The molecule has 0 radical (unpaired) electrons. The van der Waals surface area contributed by atoms with Crippen molar-refractivity contribution in [3.63, 3.8) is 0 Å². The minimum atomic E-state index is -2.78. The molecular formula is C62H68N7+3. The quantitative estimate of drug-likeness (QED) is 0.128. The lowest BCUT2D eigenvalue weighted by Crippen LogP contribution is -2.30. The summed E-state index contributed by atoms with van der Waals surface area (Å²) < 4.78 is 76.8. The second-order valence-corrected chi connectivity index (χ2v) is 17.3. The number of hydrogen-bond acceptors (Lipinski definition) is 4. The fraction of sp³-hybridized carbons (Fsp3) is 0.242. The zero-order valence-corrected chi connectivity index (χ0v) is 41.4. The Morgan fingerprint density at radius 2 is 0.826 bits per heavy atom. The second kappa shape index (κ2) is 23.0. The van der Waals surface area contributed by atoms with E-state index < -0.39 is 31.4 Å². The van der Waals surface area contributed by atoms with Gasteiger partial charge in [-0.3, -0.25) is 9.97 Å². The van der Waals surface area contributed by atoms with E-state index >= 15 is 0 Å². The van der Waals surface area contributed by atoms with Crippen molar-refractivity contribution in [1.29, 1.82) is 0 Å². The van der Waals surface area contributed by atoms with E-state index in [-0.39, 0.29) is 5.69 Å². The summed E-state index contributed by atoms with van der Waals surface area (Å²) in [4.78, 5) is 17.1. The van der Waals surface area contributed by atoms with Crippen LogP contribution in [0.4, 0.5) is 0 Å². The van der Waals surface area contributed by atoms with E-state index in [4.69, 9.17) is 12.3 Å². The van der Waals surface area contributed by atoms with Crippen molar-refractivity contribution in [2.75, 3.05) is 0 Å². The summed E-state index contributed by atoms with van der Waals surface area (Å²) in [5, 5.41) is 0. The van der Waals surface area contributed by atoms with Gasteiger partial charge in [0.15, 0.2) is 18.6 Å². The fourth-order valence-electron chi connectivity index (χ4n) is 8.03. The molecular weight excluding hydrogens is 843 g/mol. The Bertz CT molecular complexity index is 3380. The summed E-state index contributed by atoms with van der Waals surface area (Å²) in [6.45, 7) is 9.71. The first kappa shape index (κ1) is 38.5. The first-order valence-corrected chi connectivity index (χ1v) is 23.0.